The molecule has 1 heterocycles. The molecule has 1 aliphatic rings. The minimum Gasteiger partial charge on any atom is -0.350 e. The van der Waals surface area contributed by atoms with Crippen molar-refractivity contribution in [3.63, 3.8) is 0 Å². The van der Waals surface area contributed by atoms with Crippen molar-refractivity contribution in [3.05, 3.63) is 65.2 Å². The molecule has 2 amide bonds. The summed E-state index contributed by atoms with van der Waals surface area (Å²) >= 11 is 0. The van der Waals surface area contributed by atoms with Crippen LogP contribution in [0.3, 0.4) is 0 Å². The number of nitrogens with one attached hydrogen (secondary N) is 1. The minimum absolute atomic E-state index is 0.186. The molecule has 2 aromatic carbocycles. The summed E-state index contributed by atoms with van der Waals surface area (Å²) < 4.78 is 26.9. The second-order valence-electron chi connectivity index (χ2n) is 5.63. The first kappa shape index (κ1) is 16.1. The maximum atomic E-state index is 14.1. The third kappa shape index (κ3) is 3.42. The van der Waals surface area contributed by atoms with E-state index in [9.17, 15) is 18.4 Å². The summed E-state index contributed by atoms with van der Waals surface area (Å²) in [6.07, 6.45) is 0.724. The predicted octanol–water partition coefficient (Wildman–Crippen LogP) is 2.56. The van der Waals surface area contributed by atoms with Gasteiger partial charge in [0.15, 0.2) is 0 Å². The number of hydrogen-bond acceptors (Lipinski definition) is 2. The highest BCUT2D eigenvalue weighted by molar-refractivity contribution is 6.01. The molecule has 4 nitrogen and oxygen atoms in total. The second-order valence-corrected chi connectivity index (χ2v) is 5.63. The van der Waals surface area contributed by atoms with Gasteiger partial charge < -0.3 is 5.32 Å². The van der Waals surface area contributed by atoms with Crippen molar-refractivity contribution >= 4 is 17.5 Å². The third-order valence-corrected chi connectivity index (χ3v) is 3.95. The number of halogens is 2. The molecule has 0 aliphatic carbocycles. The Balaban J connectivity index is 1.68. The highest BCUT2D eigenvalue weighted by Crippen LogP contribution is 2.30. The van der Waals surface area contributed by atoms with E-state index in [1.807, 2.05) is 0 Å². The van der Waals surface area contributed by atoms with E-state index in [1.54, 1.807) is 24.3 Å². The van der Waals surface area contributed by atoms with Crippen LogP contribution in [0.15, 0.2) is 42.5 Å². The maximum Gasteiger partial charge on any atom is 0.240 e. The molecule has 24 heavy (non-hydrogen) atoms. The molecule has 3 rings (SSSR count). The molecule has 0 saturated carbocycles. The van der Waals surface area contributed by atoms with Crippen LogP contribution in [0.25, 0.3) is 0 Å². The largest absolute Gasteiger partial charge is 0.350 e. The Morgan fingerprint density at radius 1 is 1.08 bits per heavy atom. The summed E-state index contributed by atoms with van der Waals surface area (Å²) in [5.74, 6) is -1.53. The van der Waals surface area contributed by atoms with Gasteiger partial charge in [-0.1, -0.05) is 24.3 Å². The summed E-state index contributed by atoms with van der Waals surface area (Å²) in [6.45, 7) is -0.0285. The lowest BCUT2D eigenvalue weighted by Gasteiger charge is -2.29. The first-order valence-corrected chi connectivity index (χ1v) is 7.63. The number of anilines is 1. The van der Waals surface area contributed by atoms with Crippen LogP contribution in [0.2, 0.25) is 0 Å². The van der Waals surface area contributed by atoms with Crippen molar-refractivity contribution in [1.82, 2.24) is 5.32 Å². The highest BCUT2D eigenvalue weighted by Gasteiger charge is 2.28. The summed E-state index contributed by atoms with van der Waals surface area (Å²) in [6, 6.07) is 10.4. The molecule has 6 heteroatoms. The number of aryl methyl sites for hydroxylation is 1. The van der Waals surface area contributed by atoms with Crippen molar-refractivity contribution < 1.29 is 18.4 Å². The first-order valence-electron chi connectivity index (χ1n) is 7.63. The number of benzene rings is 2. The SMILES string of the molecule is O=C(CN1C(=O)CCc2cccc(F)c21)NCc1ccc(F)cc1. The fourth-order valence-corrected chi connectivity index (χ4v) is 2.73. The summed E-state index contributed by atoms with van der Waals surface area (Å²) in [7, 11) is 0. The van der Waals surface area contributed by atoms with Crippen LogP contribution < -0.4 is 10.2 Å². The molecule has 0 fully saturated rings. The van der Waals surface area contributed by atoms with Crippen molar-refractivity contribution in [1.29, 1.82) is 0 Å². The zero-order chi connectivity index (χ0) is 17.1. The van der Waals surface area contributed by atoms with E-state index in [0.29, 0.717) is 6.42 Å². The normalized spacial score (nSPS) is 13.6. The molecule has 0 bridgehead atoms. The lowest BCUT2D eigenvalue weighted by Crippen LogP contribution is -2.43. The van der Waals surface area contributed by atoms with E-state index >= 15 is 0 Å². The van der Waals surface area contributed by atoms with E-state index in [0.717, 1.165) is 11.1 Å². The molecule has 0 spiro atoms. The fraction of sp³-hybridized carbons (Fsp3) is 0.222. The third-order valence-electron chi connectivity index (χ3n) is 3.95. The average Bonchev–Trinajstić information content (AvgIpc) is 2.57. The Morgan fingerprint density at radius 3 is 2.58 bits per heavy atom. The number of carbonyl (C=O) groups excluding carboxylic acids is 2. The maximum absolute atomic E-state index is 14.1. The quantitative estimate of drug-likeness (QED) is 0.937. The van der Waals surface area contributed by atoms with Gasteiger partial charge in [0.1, 0.15) is 18.2 Å². The number of nitrogens with zero attached hydrogens (tertiary/aromatic N) is 1. The summed E-state index contributed by atoms with van der Waals surface area (Å²) in [5, 5.41) is 2.66. The number of carbonyl (C=O) groups is 2. The van der Waals surface area contributed by atoms with Crippen LogP contribution in [0.4, 0.5) is 14.5 Å². The molecule has 0 radical (unpaired) electrons. The van der Waals surface area contributed by atoms with Crippen molar-refractivity contribution in [2.24, 2.45) is 0 Å². The predicted molar refractivity (Wildman–Crippen MR) is 85.3 cm³/mol. The molecule has 124 valence electrons. The Labute approximate surface area is 138 Å². The van der Waals surface area contributed by atoms with Crippen LogP contribution in [0.1, 0.15) is 17.5 Å². The van der Waals surface area contributed by atoms with Gasteiger partial charge in [-0.05, 0) is 35.7 Å². The lowest BCUT2D eigenvalue weighted by atomic mass is 10.0. The van der Waals surface area contributed by atoms with Crippen molar-refractivity contribution in [2.45, 2.75) is 19.4 Å². The van der Waals surface area contributed by atoms with Crippen LogP contribution in [-0.4, -0.2) is 18.4 Å². The zero-order valence-corrected chi connectivity index (χ0v) is 12.9. The van der Waals surface area contributed by atoms with Gasteiger partial charge in [0, 0.05) is 13.0 Å². The van der Waals surface area contributed by atoms with Gasteiger partial charge in [0.25, 0.3) is 0 Å². The first-order chi connectivity index (χ1) is 11.5. The van der Waals surface area contributed by atoms with Gasteiger partial charge in [0.2, 0.25) is 11.8 Å². The number of amides is 2. The van der Waals surface area contributed by atoms with Gasteiger partial charge in [-0.15, -0.1) is 0 Å². The van der Waals surface area contributed by atoms with E-state index in [2.05, 4.69) is 5.32 Å². The van der Waals surface area contributed by atoms with Crippen LogP contribution in [-0.2, 0) is 22.6 Å². The van der Waals surface area contributed by atoms with E-state index < -0.39 is 11.7 Å². The summed E-state index contributed by atoms with van der Waals surface area (Å²) in [4.78, 5) is 25.4. The van der Waals surface area contributed by atoms with E-state index in [-0.39, 0.29) is 36.9 Å². The lowest BCUT2D eigenvalue weighted by molar-refractivity contribution is -0.124. The van der Waals surface area contributed by atoms with Crippen molar-refractivity contribution in [2.75, 3.05) is 11.4 Å². The average molecular weight is 330 g/mol. The standard InChI is InChI=1S/C18H16F2N2O2/c19-14-7-4-12(5-8-14)10-21-16(23)11-22-17(24)9-6-13-2-1-3-15(20)18(13)22/h1-5,7-8H,6,9-11H2,(H,21,23). The van der Waals surface area contributed by atoms with Crippen LogP contribution >= 0.6 is 0 Å². The monoisotopic (exact) mass is 330 g/mol. The minimum atomic E-state index is -0.508. The smallest absolute Gasteiger partial charge is 0.240 e. The molecule has 1 N–H and O–H groups in total. The van der Waals surface area contributed by atoms with Gasteiger partial charge in [-0.2, -0.15) is 0 Å². The number of hydrogen-bond donors (Lipinski definition) is 1. The Morgan fingerprint density at radius 2 is 1.83 bits per heavy atom. The topological polar surface area (TPSA) is 49.4 Å². The van der Waals surface area contributed by atoms with Crippen LogP contribution in [0.5, 0.6) is 0 Å². The number of rotatable bonds is 4. The second kappa shape index (κ2) is 6.78. The van der Waals surface area contributed by atoms with E-state index in [1.165, 1.54) is 23.1 Å². The van der Waals surface area contributed by atoms with Crippen LogP contribution in [0, 0.1) is 11.6 Å². The molecular weight excluding hydrogens is 314 g/mol. The molecule has 0 unspecified atom stereocenters. The molecule has 1 aliphatic heterocycles. The molecule has 0 saturated heterocycles. The van der Waals surface area contributed by atoms with Gasteiger partial charge in [-0.25, -0.2) is 8.78 Å². The van der Waals surface area contributed by atoms with Gasteiger partial charge >= 0.3 is 0 Å². The van der Waals surface area contributed by atoms with Crippen molar-refractivity contribution in [3.8, 4) is 0 Å². The van der Waals surface area contributed by atoms with Gasteiger partial charge in [0.05, 0.1) is 5.69 Å². The Hall–Kier alpha value is -2.76. The molecule has 2 aromatic rings. The number of para-hydroxylation sites is 1. The zero-order valence-electron chi connectivity index (χ0n) is 12.9. The molecule has 0 aromatic heterocycles. The molecular formula is C18H16F2N2O2. The van der Waals surface area contributed by atoms with E-state index in [4.69, 9.17) is 0 Å². The number of fused-ring (bicyclic) bond motifs is 1. The van der Waals surface area contributed by atoms with Gasteiger partial charge in [-0.3, -0.25) is 14.5 Å². The summed E-state index contributed by atoms with van der Waals surface area (Å²) in [5.41, 5.74) is 1.65. The Bertz CT molecular complexity index is 775. The fourth-order valence-electron chi connectivity index (χ4n) is 2.73. The Kier molecular flexibility index (Phi) is 4.55. The highest BCUT2D eigenvalue weighted by atomic mass is 19.1. The molecule has 0 atom stereocenters.